The second-order valence-electron chi connectivity index (χ2n) is 5.89. The highest BCUT2D eigenvalue weighted by Crippen LogP contribution is 2.36. The Morgan fingerprint density at radius 1 is 1.17 bits per heavy atom. The molecule has 1 aromatic carbocycles. The molecule has 1 fully saturated rings. The minimum atomic E-state index is -0.595. The van der Waals surface area contributed by atoms with Crippen LogP contribution in [0, 0.1) is 6.92 Å². The van der Waals surface area contributed by atoms with Gasteiger partial charge in [-0.1, -0.05) is 47.6 Å². The van der Waals surface area contributed by atoms with Gasteiger partial charge in [0.05, 0.1) is 0 Å². The van der Waals surface area contributed by atoms with Gasteiger partial charge in [-0.15, -0.1) is 0 Å². The van der Waals surface area contributed by atoms with Crippen LogP contribution in [0.25, 0.3) is 0 Å². The fourth-order valence-electron chi connectivity index (χ4n) is 3.03. The van der Waals surface area contributed by atoms with Crippen molar-refractivity contribution in [2.75, 3.05) is 0 Å². The van der Waals surface area contributed by atoms with E-state index >= 15 is 0 Å². The standard InChI is InChI=1S/C16H17Cl2N3O2/c1-10-19-15(21-23-10)16(5-3-2-4-6-16)20-14(22)11-7-12(17)9-13(18)8-11/h7-9H,2-6H2,1H3,(H,20,22). The Kier molecular flexibility index (Phi) is 4.60. The van der Waals surface area contributed by atoms with E-state index < -0.39 is 5.54 Å². The second kappa shape index (κ2) is 6.49. The van der Waals surface area contributed by atoms with Gasteiger partial charge in [0.1, 0.15) is 5.54 Å². The van der Waals surface area contributed by atoms with Crippen molar-refractivity contribution >= 4 is 29.1 Å². The molecular weight excluding hydrogens is 337 g/mol. The number of hydrogen-bond acceptors (Lipinski definition) is 4. The van der Waals surface area contributed by atoms with Crippen LogP contribution < -0.4 is 5.32 Å². The summed E-state index contributed by atoms with van der Waals surface area (Å²) in [5, 5.41) is 7.99. The molecular formula is C16H17Cl2N3O2. The van der Waals surface area contributed by atoms with E-state index in [1.165, 1.54) is 0 Å². The monoisotopic (exact) mass is 353 g/mol. The zero-order valence-corrected chi connectivity index (χ0v) is 14.2. The third kappa shape index (κ3) is 3.51. The molecule has 0 bridgehead atoms. The highest BCUT2D eigenvalue weighted by molar-refractivity contribution is 6.35. The maximum atomic E-state index is 12.7. The fraction of sp³-hybridized carbons (Fsp3) is 0.438. The van der Waals surface area contributed by atoms with Crippen molar-refractivity contribution < 1.29 is 9.32 Å². The number of nitrogens with zero attached hydrogens (tertiary/aromatic N) is 2. The van der Waals surface area contributed by atoms with Gasteiger partial charge in [-0.05, 0) is 31.0 Å². The van der Waals surface area contributed by atoms with Gasteiger partial charge in [-0.3, -0.25) is 4.79 Å². The van der Waals surface area contributed by atoms with Crippen LogP contribution in [0.15, 0.2) is 22.7 Å². The van der Waals surface area contributed by atoms with Gasteiger partial charge in [0.15, 0.2) is 5.82 Å². The van der Waals surface area contributed by atoms with E-state index in [9.17, 15) is 4.79 Å². The lowest BCUT2D eigenvalue weighted by Crippen LogP contribution is -2.48. The number of nitrogens with one attached hydrogen (secondary N) is 1. The molecule has 2 aromatic rings. The quantitative estimate of drug-likeness (QED) is 0.894. The van der Waals surface area contributed by atoms with Crippen LogP contribution in [-0.4, -0.2) is 16.0 Å². The lowest BCUT2D eigenvalue weighted by molar-refractivity contribution is 0.0855. The van der Waals surface area contributed by atoms with E-state index in [4.69, 9.17) is 27.7 Å². The summed E-state index contributed by atoms with van der Waals surface area (Å²) in [4.78, 5) is 17.0. The van der Waals surface area contributed by atoms with Crippen LogP contribution in [0.4, 0.5) is 0 Å². The molecule has 7 heteroatoms. The van der Waals surface area contributed by atoms with Gasteiger partial charge in [0.2, 0.25) is 5.89 Å². The van der Waals surface area contributed by atoms with Gasteiger partial charge in [0, 0.05) is 22.5 Å². The largest absolute Gasteiger partial charge is 0.340 e. The molecule has 0 aliphatic heterocycles. The smallest absolute Gasteiger partial charge is 0.252 e. The molecule has 3 rings (SSSR count). The zero-order valence-electron chi connectivity index (χ0n) is 12.7. The Balaban J connectivity index is 1.90. The first-order valence-corrected chi connectivity index (χ1v) is 8.33. The SMILES string of the molecule is Cc1nc(C2(NC(=O)c3cc(Cl)cc(Cl)c3)CCCCC2)no1. The number of amides is 1. The Morgan fingerprint density at radius 3 is 2.39 bits per heavy atom. The fourth-order valence-corrected chi connectivity index (χ4v) is 3.55. The van der Waals surface area contributed by atoms with Gasteiger partial charge >= 0.3 is 0 Å². The molecule has 1 amide bonds. The van der Waals surface area contributed by atoms with E-state index in [1.54, 1.807) is 25.1 Å². The minimum Gasteiger partial charge on any atom is -0.340 e. The van der Waals surface area contributed by atoms with Crippen molar-refractivity contribution in [3.63, 3.8) is 0 Å². The molecule has 1 aromatic heterocycles. The van der Waals surface area contributed by atoms with Gasteiger partial charge in [-0.25, -0.2) is 0 Å². The lowest BCUT2D eigenvalue weighted by atomic mass is 9.80. The number of benzene rings is 1. The van der Waals surface area contributed by atoms with Crippen LogP contribution >= 0.6 is 23.2 Å². The van der Waals surface area contributed by atoms with Gasteiger partial charge in [0.25, 0.3) is 5.91 Å². The summed E-state index contributed by atoms with van der Waals surface area (Å²) in [6.45, 7) is 1.74. The molecule has 0 spiro atoms. The number of halogens is 2. The van der Waals surface area contributed by atoms with Crippen LogP contribution in [0.3, 0.4) is 0 Å². The third-order valence-corrected chi connectivity index (χ3v) is 4.58. The molecule has 0 saturated heterocycles. The van der Waals surface area contributed by atoms with E-state index in [2.05, 4.69) is 15.5 Å². The van der Waals surface area contributed by atoms with Crippen LogP contribution in [0.5, 0.6) is 0 Å². The molecule has 23 heavy (non-hydrogen) atoms. The average Bonchev–Trinajstić information content (AvgIpc) is 2.94. The molecule has 0 atom stereocenters. The first kappa shape index (κ1) is 16.3. The van der Waals surface area contributed by atoms with Crippen molar-refractivity contribution in [2.45, 2.75) is 44.6 Å². The van der Waals surface area contributed by atoms with Crippen molar-refractivity contribution in [1.29, 1.82) is 0 Å². The summed E-state index contributed by atoms with van der Waals surface area (Å²) in [7, 11) is 0. The van der Waals surface area contributed by atoms with Crippen molar-refractivity contribution in [3.05, 3.63) is 45.5 Å². The molecule has 122 valence electrons. The molecule has 0 unspecified atom stereocenters. The molecule has 1 aliphatic rings. The number of hydrogen-bond donors (Lipinski definition) is 1. The molecule has 1 N–H and O–H groups in total. The van der Waals surface area contributed by atoms with E-state index in [0.29, 0.717) is 27.3 Å². The molecule has 1 heterocycles. The summed E-state index contributed by atoms with van der Waals surface area (Å²) in [5.41, 5.74) is -0.172. The highest BCUT2D eigenvalue weighted by atomic mass is 35.5. The van der Waals surface area contributed by atoms with Crippen LogP contribution in [0.1, 0.15) is 54.2 Å². The Morgan fingerprint density at radius 2 is 1.83 bits per heavy atom. The first-order chi connectivity index (χ1) is 11.0. The van der Waals surface area contributed by atoms with Gasteiger partial charge in [-0.2, -0.15) is 4.98 Å². The van der Waals surface area contributed by atoms with Crippen molar-refractivity contribution in [1.82, 2.24) is 15.5 Å². The van der Waals surface area contributed by atoms with E-state index in [1.807, 2.05) is 0 Å². The number of aromatic nitrogens is 2. The summed E-state index contributed by atoms with van der Waals surface area (Å²) in [6, 6.07) is 4.79. The molecule has 1 saturated carbocycles. The van der Waals surface area contributed by atoms with E-state index in [-0.39, 0.29) is 5.91 Å². The maximum absolute atomic E-state index is 12.7. The third-order valence-electron chi connectivity index (χ3n) is 4.14. The number of carbonyl (C=O) groups is 1. The topological polar surface area (TPSA) is 68.0 Å². The number of aryl methyl sites for hydroxylation is 1. The zero-order chi connectivity index (χ0) is 16.4. The van der Waals surface area contributed by atoms with Crippen LogP contribution in [-0.2, 0) is 5.54 Å². The molecule has 0 radical (unpaired) electrons. The Hall–Kier alpha value is -1.59. The van der Waals surface area contributed by atoms with Crippen molar-refractivity contribution in [3.8, 4) is 0 Å². The van der Waals surface area contributed by atoms with Crippen molar-refractivity contribution in [2.24, 2.45) is 0 Å². The second-order valence-corrected chi connectivity index (χ2v) is 6.76. The number of carbonyl (C=O) groups excluding carboxylic acids is 1. The molecule has 1 aliphatic carbocycles. The lowest BCUT2D eigenvalue weighted by Gasteiger charge is -2.35. The number of rotatable bonds is 3. The Bertz CT molecular complexity index is 704. The minimum absolute atomic E-state index is 0.237. The molecule has 5 nitrogen and oxygen atoms in total. The predicted octanol–water partition coefficient (Wildman–Crippen LogP) is 4.27. The first-order valence-electron chi connectivity index (χ1n) is 7.58. The summed E-state index contributed by atoms with van der Waals surface area (Å²) in [5.74, 6) is 0.792. The highest BCUT2D eigenvalue weighted by Gasteiger charge is 2.39. The van der Waals surface area contributed by atoms with E-state index in [0.717, 1.165) is 32.1 Å². The summed E-state index contributed by atoms with van der Waals surface area (Å²) >= 11 is 12.0. The summed E-state index contributed by atoms with van der Waals surface area (Å²) in [6.07, 6.45) is 4.71. The van der Waals surface area contributed by atoms with Crippen LogP contribution in [0.2, 0.25) is 10.0 Å². The maximum Gasteiger partial charge on any atom is 0.252 e. The average molecular weight is 354 g/mol. The normalized spacial score (nSPS) is 17.0. The summed E-state index contributed by atoms with van der Waals surface area (Å²) < 4.78 is 5.11. The van der Waals surface area contributed by atoms with Gasteiger partial charge < -0.3 is 9.84 Å². The predicted molar refractivity (Wildman–Crippen MR) is 87.7 cm³/mol. The Labute approximate surface area is 144 Å².